The minimum absolute atomic E-state index is 0.243. The first-order valence-electron chi connectivity index (χ1n) is 6.75. The monoisotopic (exact) mass is 251 g/mol. The van der Waals surface area contributed by atoms with Gasteiger partial charge in [0.1, 0.15) is 11.6 Å². The topological polar surface area (TPSA) is 35.2 Å². The van der Waals surface area contributed by atoms with Gasteiger partial charge in [0, 0.05) is 12.1 Å². The largest absolute Gasteiger partial charge is 0.490 e. The molecule has 0 heterocycles. The van der Waals surface area contributed by atoms with Crippen molar-refractivity contribution in [2.24, 2.45) is 17.6 Å². The van der Waals surface area contributed by atoms with E-state index in [2.05, 4.69) is 13.8 Å². The Kier molecular flexibility index (Phi) is 4.23. The number of hydrogen-bond acceptors (Lipinski definition) is 2. The molecular weight excluding hydrogens is 229 g/mol. The average molecular weight is 251 g/mol. The van der Waals surface area contributed by atoms with E-state index < -0.39 is 0 Å². The molecule has 0 saturated heterocycles. The van der Waals surface area contributed by atoms with Gasteiger partial charge in [-0.2, -0.15) is 0 Å². The van der Waals surface area contributed by atoms with Crippen molar-refractivity contribution >= 4 is 0 Å². The van der Waals surface area contributed by atoms with Crippen LogP contribution >= 0.6 is 0 Å². The van der Waals surface area contributed by atoms with Gasteiger partial charge in [-0.05, 0) is 49.3 Å². The van der Waals surface area contributed by atoms with Crippen molar-refractivity contribution in [2.75, 3.05) is 0 Å². The lowest BCUT2D eigenvalue weighted by molar-refractivity contribution is 0.0996. The molecule has 100 valence electrons. The van der Waals surface area contributed by atoms with Crippen molar-refractivity contribution in [3.05, 3.63) is 29.6 Å². The summed E-state index contributed by atoms with van der Waals surface area (Å²) < 4.78 is 19.1. The molecule has 0 spiro atoms. The van der Waals surface area contributed by atoms with Crippen LogP contribution in [0.4, 0.5) is 4.39 Å². The summed E-state index contributed by atoms with van der Waals surface area (Å²) in [5.74, 6) is 1.94. The second-order valence-electron chi connectivity index (χ2n) is 5.46. The van der Waals surface area contributed by atoms with E-state index in [1.54, 1.807) is 6.07 Å². The van der Waals surface area contributed by atoms with Gasteiger partial charge in [0.15, 0.2) is 0 Å². The van der Waals surface area contributed by atoms with E-state index in [1.807, 2.05) is 0 Å². The van der Waals surface area contributed by atoms with Gasteiger partial charge in [-0.15, -0.1) is 0 Å². The zero-order valence-electron chi connectivity index (χ0n) is 11.2. The first kappa shape index (κ1) is 13.3. The maximum atomic E-state index is 13.1. The summed E-state index contributed by atoms with van der Waals surface area (Å²) in [5, 5.41) is 0. The second kappa shape index (κ2) is 5.70. The van der Waals surface area contributed by atoms with Crippen molar-refractivity contribution in [3.63, 3.8) is 0 Å². The molecule has 0 radical (unpaired) electrons. The van der Waals surface area contributed by atoms with Crippen LogP contribution in [0.1, 0.15) is 38.7 Å². The standard InChI is InChI=1S/C15H22FNO/c1-10-3-5-14(7-11(10)2)18-15-6-4-13(16)8-12(15)9-17/h4,6,8,10-11,14H,3,5,7,9,17H2,1-2H3. The third-order valence-electron chi connectivity index (χ3n) is 4.09. The molecular formula is C15H22FNO. The van der Waals surface area contributed by atoms with E-state index in [-0.39, 0.29) is 11.9 Å². The number of halogens is 1. The molecule has 3 atom stereocenters. The second-order valence-corrected chi connectivity index (χ2v) is 5.46. The van der Waals surface area contributed by atoms with Crippen LogP contribution in [0.3, 0.4) is 0 Å². The van der Waals surface area contributed by atoms with E-state index >= 15 is 0 Å². The number of ether oxygens (including phenoxy) is 1. The Bertz CT molecular complexity index is 407. The fraction of sp³-hybridized carbons (Fsp3) is 0.600. The molecule has 0 aliphatic heterocycles. The van der Waals surface area contributed by atoms with Gasteiger partial charge >= 0.3 is 0 Å². The first-order chi connectivity index (χ1) is 8.60. The van der Waals surface area contributed by atoms with Crippen molar-refractivity contribution in [2.45, 2.75) is 45.8 Å². The lowest BCUT2D eigenvalue weighted by atomic mass is 9.80. The van der Waals surface area contributed by atoms with Crippen LogP contribution in [0, 0.1) is 17.7 Å². The van der Waals surface area contributed by atoms with Gasteiger partial charge in [-0.1, -0.05) is 13.8 Å². The van der Waals surface area contributed by atoms with Crippen LogP contribution in [-0.2, 0) is 6.54 Å². The van der Waals surface area contributed by atoms with Gasteiger partial charge in [0.05, 0.1) is 6.10 Å². The molecule has 0 bridgehead atoms. The van der Waals surface area contributed by atoms with Crippen LogP contribution in [0.15, 0.2) is 18.2 Å². The Morgan fingerprint density at radius 1 is 1.28 bits per heavy atom. The van der Waals surface area contributed by atoms with Crippen LogP contribution in [0.5, 0.6) is 5.75 Å². The zero-order chi connectivity index (χ0) is 13.1. The molecule has 3 heteroatoms. The Labute approximate surface area is 108 Å². The predicted octanol–water partition coefficient (Wildman–Crippen LogP) is 3.49. The van der Waals surface area contributed by atoms with Gasteiger partial charge < -0.3 is 10.5 Å². The quantitative estimate of drug-likeness (QED) is 0.892. The highest BCUT2D eigenvalue weighted by atomic mass is 19.1. The van der Waals surface area contributed by atoms with Crippen LogP contribution in [-0.4, -0.2) is 6.10 Å². The fourth-order valence-electron chi connectivity index (χ4n) is 2.61. The minimum atomic E-state index is -0.256. The summed E-state index contributed by atoms with van der Waals surface area (Å²) in [5.41, 5.74) is 6.38. The molecule has 1 fully saturated rings. The summed E-state index contributed by atoms with van der Waals surface area (Å²) in [6.07, 6.45) is 3.59. The van der Waals surface area contributed by atoms with Gasteiger partial charge in [0.25, 0.3) is 0 Å². The summed E-state index contributed by atoms with van der Waals surface area (Å²) in [7, 11) is 0. The fourth-order valence-corrected chi connectivity index (χ4v) is 2.61. The third-order valence-corrected chi connectivity index (χ3v) is 4.09. The van der Waals surface area contributed by atoms with Crippen molar-refractivity contribution < 1.29 is 9.13 Å². The molecule has 1 aliphatic rings. The van der Waals surface area contributed by atoms with E-state index in [0.29, 0.717) is 12.5 Å². The summed E-state index contributed by atoms with van der Waals surface area (Å²) >= 11 is 0. The molecule has 1 saturated carbocycles. The SMILES string of the molecule is CC1CCC(Oc2ccc(F)cc2CN)CC1C. The molecule has 18 heavy (non-hydrogen) atoms. The van der Waals surface area contributed by atoms with Crippen LogP contribution in [0.2, 0.25) is 0 Å². The Morgan fingerprint density at radius 3 is 2.72 bits per heavy atom. The van der Waals surface area contributed by atoms with E-state index in [0.717, 1.165) is 30.1 Å². The predicted molar refractivity (Wildman–Crippen MR) is 70.9 cm³/mol. The normalized spacial score (nSPS) is 28.1. The summed E-state index contributed by atoms with van der Waals surface area (Å²) in [4.78, 5) is 0. The van der Waals surface area contributed by atoms with Crippen molar-refractivity contribution in [1.82, 2.24) is 0 Å². The smallest absolute Gasteiger partial charge is 0.124 e. The van der Waals surface area contributed by atoms with E-state index in [4.69, 9.17) is 10.5 Å². The number of benzene rings is 1. The van der Waals surface area contributed by atoms with Crippen molar-refractivity contribution in [1.29, 1.82) is 0 Å². The first-order valence-corrected chi connectivity index (χ1v) is 6.75. The lowest BCUT2D eigenvalue weighted by Gasteiger charge is -2.32. The molecule has 1 aliphatic carbocycles. The summed E-state index contributed by atoms with van der Waals surface area (Å²) in [6.45, 7) is 4.88. The Hall–Kier alpha value is -1.09. The number of hydrogen-bond donors (Lipinski definition) is 1. The lowest BCUT2D eigenvalue weighted by Crippen LogP contribution is -2.29. The Morgan fingerprint density at radius 2 is 2.06 bits per heavy atom. The maximum Gasteiger partial charge on any atom is 0.124 e. The van der Waals surface area contributed by atoms with E-state index in [1.165, 1.54) is 18.6 Å². The highest BCUT2D eigenvalue weighted by Gasteiger charge is 2.26. The highest BCUT2D eigenvalue weighted by Crippen LogP contribution is 2.32. The van der Waals surface area contributed by atoms with E-state index in [9.17, 15) is 4.39 Å². The molecule has 1 aromatic carbocycles. The molecule has 0 amide bonds. The molecule has 3 unspecified atom stereocenters. The Balaban J connectivity index is 2.05. The molecule has 2 rings (SSSR count). The van der Waals surface area contributed by atoms with Crippen LogP contribution < -0.4 is 10.5 Å². The average Bonchev–Trinajstić information content (AvgIpc) is 2.36. The van der Waals surface area contributed by atoms with Gasteiger partial charge in [-0.3, -0.25) is 0 Å². The molecule has 0 aromatic heterocycles. The maximum absolute atomic E-state index is 13.1. The zero-order valence-corrected chi connectivity index (χ0v) is 11.2. The summed E-state index contributed by atoms with van der Waals surface area (Å²) in [6, 6.07) is 4.59. The number of nitrogens with two attached hydrogens (primary N) is 1. The van der Waals surface area contributed by atoms with Crippen LogP contribution in [0.25, 0.3) is 0 Å². The molecule has 2 nitrogen and oxygen atoms in total. The molecule has 2 N–H and O–H groups in total. The number of rotatable bonds is 3. The van der Waals surface area contributed by atoms with Gasteiger partial charge in [-0.25, -0.2) is 4.39 Å². The minimum Gasteiger partial charge on any atom is -0.490 e. The highest BCUT2D eigenvalue weighted by molar-refractivity contribution is 5.34. The van der Waals surface area contributed by atoms with Gasteiger partial charge in [0.2, 0.25) is 0 Å². The third kappa shape index (κ3) is 3.02. The van der Waals surface area contributed by atoms with Crippen molar-refractivity contribution in [3.8, 4) is 5.75 Å². The molecule has 1 aromatic rings.